The van der Waals surface area contributed by atoms with Gasteiger partial charge >= 0.3 is 5.97 Å². The van der Waals surface area contributed by atoms with Crippen LogP contribution in [0.15, 0.2) is 12.7 Å². The lowest BCUT2D eigenvalue weighted by Gasteiger charge is -2.23. The summed E-state index contributed by atoms with van der Waals surface area (Å²) in [5.74, 6) is -0.341. The maximum absolute atomic E-state index is 10.2. The molecule has 0 radical (unpaired) electrons. The first-order valence-corrected chi connectivity index (χ1v) is 12.0. The van der Waals surface area contributed by atoms with Crippen molar-refractivity contribution in [1.82, 2.24) is 0 Å². The van der Waals surface area contributed by atoms with E-state index in [1.165, 1.54) is 96.4 Å². The van der Waals surface area contributed by atoms with Crippen LogP contribution in [-0.4, -0.2) is 44.7 Å². The average Bonchev–Trinajstić information content (AvgIpc) is 2.66. The van der Waals surface area contributed by atoms with Crippen LogP contribution < -0.4 is 17.0 Å². The van der Waals surface area contributed by atoms with Gasteiger partial charge in [-0.15, -0.1) is 0 Å². The van der Waals surface area contributed by atoms with Crippen molar-refractivity contribution in [3.8, 4) is 0 Å². The van der Waals surface area contributed by atoms with E-state index in [2.05, 4.69) is 39.4 Å². The highest BCUT2D eigenvalue weighted by molar-refractivity contribution is 5.81. The van der Waals surface area contributed by atoms with Crippen molar-refractivity contribution in [1.29, 1.82) is 0 Å². The minimum Gasteiger partial charge on any atom is -1.00 e. The van der Waals surface area contributed by atoms with Crippen LogP contribution in [0.5, 0.6) is 0 Å². The fraction of sp³-hybridized carbons (Fsp3) is 0.880. The summed E-state index contributed by atoms with van der Waals surface area (Å²) in [6.07, 6.45) is 22.4. The molecule has 0 aliphatic rings. The molecule has 0 amide bonds. The summed E-state index contributed by atoms with van der Waals surface area (Å²) in [7, 11) is 6.88. The SMILES string of the molecule is C=CC(=O)OCCC.CCCCCCCCCCCCCCCC[N+](C)(C)C.[Br-]. The number of esters is 1. The molecule has 0 unspecified atom stereocenters. The lowest BCUT2D eigenvalue weighted by molar-refractivity contribution is -0.870. The largest absolute Gasteiger partial charge is 1.00 e. The number of nitrogens with zero attached hydrogens (tertiary/aromatic N) is 1. The highest BCUT2D eigenvalue weighted by Crippen LogP contribution is 2.13. The van der Waals surface area contributed by atoms with Gasteiger partial charge in [0.1, 0.15) is 0 Å². The van der Waals surface area contributed by atoms with Crippen molar-refractivity contribution in [3.63, 3.8) is 0 Å². The second-order valence-corrected chi connectivity index (χ2v) is 8.98. The van der Waals surface area contributed by atoms with Crippen molar-refractivity contribution in [2.75, 3.05) is 34.3 Å². The van der Waals surface area contributed by atoms with E-state index in [-0.39, 0.29) is 23.0 Å². The van der Waals surface area contributed by atoms with Crippen LogP contribution in [0, 0.1) is 0 Å². The standard InChI is InChI=1S/C19H42N.C6H10O2.BrH/c1-5-6-7-8-9-10-11-12-13-14-15-16-17-18-19-20(2,3)4;1-3-5-8-6(7)4-2;/h5-19H2,1-4H3;4H,2-3,5H2,1H3;1H/q+1;;/p-1. The molecule has 0 saturated heterocycles. The van der Waals surface area contributed by atoms with Gasteiger partial charge in [0, 0.05) is 6.08 Å². The van der Waals surface area contributed by atoms with E-state index in [9.17, 15) is 4.79 Å². The highest BCUT2D eigenvalue weighted by atomic mass is 79.9. The van der Waals surface area contributed by atoms with E-state index in [1.54, 1.807) is 0 Å². The Kier molecular flexibility index (Phi) is 29.5. The third-order valence-electron chi connectivity index (χ3n) is 4.80. The number of hydrogen-bond acceptors (Lipinski definition) is 2. The molecular formula is C25H52BrNO2. The first-order chi connectivity index (χ1) is 13.4. The second kappa shape index (κ2) is 25.7. The van der Waals surface area contributed by atoms with Gasteiger partial charge in [0.15, 0.2) is 0 Å². The number of ether oxygens (including phenoxy) is 1. The fourth-order valence-electron chi connectivity index (χ4n) is 3.04. The lowest BCUT2D eigenvalue weighted by Crippen LogP contribution is -3.00. The second-order valence-electron chi connectivity index (χ2n) is 8.98. The molecule has 0 heterocycles. The quantitative estimate of drug-likeness (QED) is 0.127. The summed E-state index contributed by atoms with van der Waals surface area (Å²) in [6, 6.07) is 0. The molecule has 0 aliphatic heterocycles. The third kappa shape index (κ3) is 35.5. The summed E-state index contributed by atoms with van der Waals surface area (Å²) in [5.41, 5.74) is 0. The Morgan fingerprint density at radius 3 is 1.41 bits per heavy atom. The van der Waals surface area contributed by atoms with E-state index in [1.807, 2.05) is 6.92 Å². The van der Waals surface area contributed by atoms with Crippen LogP contribution in [0.25, 0.3) is 0 Å². The Morgan fingerprint density at radius 1 is 0.724 bits per heavy atom. The normalized spacial score (nSPS) is 10.5. The summed E-state index contributed by atoms with van der Waals surface area (Å²) in [6.45, 7) is 9.30. The van der Waals surface area contributed by atoms with Crippen molar-refractivity contribution in [3.05, 3.63) is 12.7 Å². The molecule has 0 spiro atoms. The van der Waals surface area contributed by atoms with Gasteiger partial charge in [-0.2, -0.15) is 0 Å². The van der Waals surface area contributed by atoms with Crippen LogP contribution in [0.4, 0.5) is 0 Å². The van der Waals surface area contributed by atoms with E-state index < -0.39 is 0 Å². The Morgan fingerprint density at radius 2 is 1.10 bits per heavy atom. The first-order valence-electron chi connectivity index (χ1n) is 12.0. The van der Waals surface area contributed by atoms with E-state index in [0.29, 0.717) is 6.61 Å². The van der Waals surface area contributed by atoms with E-state index >= 15 is 0 Å². The predicted octanol–water partition coefficient (Wildman–Crippen LogP) is 4.30. The maximum Gasteiger partial charge on any atom is 0.330 e. The zero-order chi connectivity index (χ0) is 21.5. The Balaban J connectivity index is -0.000000636. The minimum atomic E-state index is -0.341. The van der Waals surface area contributed by atoms with Gasteiger partial charge < -0.3 is 26.2 Å². The van der Waals surface area contributed by atoms with Gasteiger partial charge in [0.2, 0.25) is 0 Å². The Hall–Kier alpha value is -0.350. The number of unbranched alkanes of at least 4 members (excludes halogenated alkanes) is 13. The molecule has 0 saturated carbocycles. The molecular weight excluding hydrogens is 426 g/mol. The molecule has 0 bridgehead atoms. The van der Waals surface area contributed by atoms with Crippen molar-refractivity contribution < 1.29 is 31.0 Å². The predicted molar refractivity (Wildman–Crippen MR) is 125 cm³/mol. The van der Waals surface area contributed by atoms with Crippen LogP contribution in [0.3, 0.4) is 0 Å². The van der Waals surface area contributed by atoms with Crippen LogP contribution in [0.2, 0.25) is 0 Å². The summed E-state index contributed by atoms with van der Waals surface area (Å²) in [5, 5.41) is 0. The van der Waals surface area contributed by atoms with Gasteiger partial charge in [0.25, 0.3) is 0 Å². The van der Waals surface area contributed by atoms with Crippen LogP contribution in [0.1, 0.15) is 110 Å². The molecule has 0 aromatic heterocycles. The number of carbonyl (C=O) groups excluding carboxylic acids is 1. The Labute approximate surface area is 194 Å². The van der Waals surface area contributed by atoms with Gasteiger partial charge in [-0.1, -0.05) is 97.5 Å². The summed E-state index contributed by atoms with van der Waals surface area (Å²) in [4.78, 5) is 10.2. The van der Waals surface area contributed by atoms with Gasteiger partial charge in [-0.25, -0.2) is 4.79 Å². The number of carbonyl (C=O) groups is 1. The Bertz CT molecular complexity index is 340. The maximum atomic E-state index is 10.2. The van der Waals surface area contributed by atoms with E-state index in [0.717, 1.165) is 17.0 Å². The molecule has 0 aromatic rings. The number of halogens is 1. The van der Waals surface area contributed by atoms with Crippen molar-refractivity contribution in [2.45, 2.75) is 110 Å². The lowest BCUT2D eigenvalue weighted by atomic mass is 10.0. The molecule has 0 aliphatic carbocycles. The zero-order valence-electron chi connectivity index (χ0n) is 20.4. The monoisotopic (exact) mass is 477 g/mol. The minimum absolute atomic E-state index is 0. The molecule has 0 fully saturated rings. The summed E-state index contributed by atoms with van der Waals surface area (Å²) < 4.78 is 5.71. The molecule has 0 atom stereocenters. The van der Waals surface area contributed by atoms with Crippen LogP contribution >= 0.6 is 0 Å². The zero-order valence-corrected chi connectivity index (χ0v) is 22.0. The van der Waals surface area contributed by atoms with Crippen molar-refractivity contribution >= 4 is 5.97 Å². The van der Waals surface area contributed by atoms with E-state index in [4.69, 9.17) is 0 Å². The molecule has 29 heavy (non-hydrogen) atoms. The molecule has 176 valence electrons. The molecule has 0 N–H and O–H groups in total. The highest BCUT2D eigenvalue weighted by Gasteiger charge is 2.04. The topological polar surface area (TPSA) is 26.3 Å². The number of hydrogen-bond donors (Lipinski definition) is 0. The van der Waals surface area contributed by atoms with Crippen LogP contribution in [-0.2, 0) is 9.53 Å². The molecule has 0 aromatic carbocycles. The number of rotatable bonds is 18. The molecule has 0 rings (SSSR count). The molecule has 4 heteroatoms. The van der Waals surface area contributed by atoms with Crippen molar-refractivity contribution in [2.24, 2.45) is 0 Å². The smallest absolute Gasteiger partial charge is 0.330 e. The average molecular weight is 479 g/mol. The van der Waals surface area contributed by atoms with Gasteiger partial charge in [-0.3, -0.25) is 0 Å². The fourth-order valence-corrected chi connectivity index (χ4v) is 3.04. The van der Waals surface area contributed by atoms with Gasteiger partial charge in [0.05, 0.1) is 34.3 Å². The third-order valence-corrected chi connectivity index (χ3v) is 4.80. The number of quaternary nitrogens is 1. The molecule has 3 nitrogen and oxygen atoms in total. The summed E-state index contributed by atoms with van der Waals surface area (Å²) >= 11 is 0. The van der Waals surface area contributed by atoms with Gasteiger partial charge in [-0.05, 0) is 19.3 Å². The first kappa shape index (κ1) is 33.3.